The minimum absolute atomic E-state index is 0.0104. The Morgan fingerprint density at radius 2 is 1.97 bits per heavy atom. The van der Waals surface area contributed by atoms with Crippen molar-refractivity contribution >= 4 is 29.5 Å². The van der Waals surface area contributed by atoms with E-state index in [1.54, 1.807) is 12.1 Å². The molecule has 2 aliphatic rings. The van der Waals surface area contributed by atoms with Crippen LogP contribution < -0.4 is 10.6 Å². The van der Waals surface area contributed by atoms with Crippen LogP contribution >= 0.6 is 0 Å². The maximum absolute atomic E-state index is 12.9. The number of nitrogens with one attached hydrogen (secondary N) is 2. The number of anilines is 1. The second-order valence-corrected chi connectivity index (χ2v) is 8.58. The number of imide groups is 1. The van der Waals surface area contributed by atoms with Gasteiger partial charge >= 0.3 is 12.0 Å². The fourth-order valence-electron chi connectivity index (χ4n) is 4.29. The summed E-state index contributed by atoms with van der Waals surface area (Å²) in [6.07, 6.45) is 4.32. The van der Waals surface area contributed by atoms with E-state index in [2.05, 4.69) is 24.5 Å². The number of urea groups is 1. The molecule has 31 heavy (non-hydrogen) atoms. The van der Waals surface area contributed by atoms with Crippen molar-refractivity contribution in [1.29, 1.82) is 0 Å². The Kier molecular flexibility index (Phi) is 6.97. The largest absolute Gasteiger partial charge is 0.454 e. The highest BCUT2D eigenvalue weighted by Crippen LogP contribution is 2.38. The van der Waals surface area contributed by atoms with Crippen LogP contribution in [-0.2, 0) is 19.1 Å². The van der Waals surface area contributed by atoms with Gasteiger partial charge in [-0.3, -0.25) is 19.3 Å². The topological polar surface area (TPSA) is 105 Å². The number of rotatable bonds is 7. The normalized spacial score (nSPS) is 24.1. The zero-order valence-corrected chi connectivity index (χ0v) is 18.4. The van der Waals surface area contributed by atoms with Crippen molar-refractivity contribution in [2.24, 2.45) is 5.92 Å². The third-order valence-electron chi connectivity index (χ3n) is 6.53. The Morgan fingerprint density at radius 1 is 1.26 bits per heavy atom. The minimum atomic E-state index is -0.922. The molecule has 1 heterocycles. The number of hydrogen-bond acceptors (Lipinski definition) is 5. The summed E-state index contributed by atoms with van der Waals surface area (Å²) < 4.78 is 4.99. The van der Waals surface area contributed by atoms with Gasteiger partial charge in [0, 0.05) is 5.69 Å². The Morgan fingerprint density at radius 3 is 2.61 bits per heavy atom. The molecule has 0 aromatic heterocycles. The number of ether oxygens (including phenoxy) is 1. The predicted octanol–water partition coefficient (Wildman–Crippen LogP) is 3.18. The smallest absolute Gasteiger partial charge is 0.326 e. The SMILES string of the molecule is CC[C@@H](C)c1ccc(NC(=O)COC(=O)CN2C(=O)N[C@@]3(CCCC[C@@H]3C)C2=O)cc1. The lowest BCUT2D eigenvalue weighted by Gasteiger charge is -2.36. The number of carbonyl (C=O) groups excluding carboxylic acids is 4. The summed E-state index contributed by atoms with van der Waals surface area (Å²) in [5.41, 5.74) is 0.870. The van der Waals surface area contributed by atoms with E-state index in [1.165, 1.54) is 5.56 Å². The highest BCUT2D eigenvalue weighted by atomic mass is 16.5. The zero-order valence-electron chi connectivity index (χ0n) is 18.4. The molecule has 0 radical (unpaired) electrons. The van der Waals surface area contributed by atoms with Gasteiger partial charge in [-0.25, -0.2) is 4.79 Å². The van der Waals surface area contributed by atoms with Crippen LogP contribution in [0.15, 0.2) is 24.3 Å². The van der Waals surface area contributed by atoms with Gasteiger partial charge in [0.05, 0.1) is 0 Å². The summed E-state index contributed by atoms with van der Waals surface area (Å²) in [7, 11) is 0. The van der Waals surface area contributed by atoms with Gasteiger partial charge in [-0.2, -0.15) is 0 Å². The lowest BCUT2D eigenvalue weighted by Crippen LogP contribution is -2.54. The van der Waals surface area contributed by atoms with Crippen molar-refractivity contribution in [3.8, 4) is 0 Å². The van der Waals surface area contributed by atoms with Crippen molar-refractivity contribution in [2.45, 2.75) is 64.3 Å². The Hall–Kier alpha value is -2.90. The lowest BCUT2D eigenvalue weighted by molar-refractivity contribution is -0.150. The van der Waals surface area contributed by atoms with Crippen LogP contribution in [0, 0.1) is 5.92 Å². The van der Waals surface area contributed by atoms with Gasteiger partial charge in [-0.1, -0.05) is 45.7 Å². The van der Waals surface area contributed by atoms with E-state index in [4.69, 9.17) is 4.74 Å². The Labute approximate surface area is 182 Å². The fraction of sp³-hybridized carbons (Fsp3) is 0.565. The first-order chi connectivity index (χ1) is 14.8. The Balaban J connectivity index is 1.49. The minimum Gasteiger partial charge on any atom is -0.454 e. The van der Waals surface area contributed by atoms with Gasteiger partial charge in [0.2, 0.25) is 0 Å². The van der Waals surface area contributed by atoms with Gasteiger partial charge in [-0.05, 0) is 48.8 Å². The summed E-state index contributed by atoms with van der Waals surface area (Å²) in [6.45, 7) is 5.20. The molecule has 1 aliphatic carbocycles. The highest BCUT2D eigenvalue weighted by molar-refractivity contribution is 6.09. The van der Waals surface area contributed by atoms with E-state index in [0.717, 1.165) is 30.6 Å². The molecule has 2 N–H and O–H groups in total. The van der Waals surface area contributed by atoms with E-state index in [1.807, 2.05) is 19.1 Å². The van der Waals surface area contributed by atoms with Crippen molar-refractivity contribution in [3.63, 3.8) is 0 Å². The average molecular weight is 430 g/mol. The van der Waals surface area contributed by atoms with Gasteiger partial charge in [0.15, 0.2) is 6.61 Å². The van der Waals surface area contributed by atoms with Crippen LogP contribution in [0.3, 0.4) is 0 Å². The second-order valence-electron chi connectivity index (χ2n) is 8.58. The van der Waals surface area contributed by atoms with Crippen molar-refractivity contribution in [1.82, 2.24) is 10.2 Å². The predicted molar refractivity (Wildman–Crippen MR) is 115 cm³/mol. The maximum atomic E-state index is 12.9. The molecule has 4 amide bonds. The van der Waals surface area contributed by atoms with Crippen LogP contribution in [0.4, 0.5) is 10.5 Å². The second kappa shape index (κ2) is 9.49. The number of carbonyl (C=O) groups is 4. The first kappa shape index (κ1) is 22.8. The number of benzene rings is 1. The molecule has 0 unspecified atom stereocenters. The van der Waals surface area contributed by atoms with E-state index >= 15 is 0 Å². The molecule has 1 aliphatic heterocycles. The molecule has 2 fully saturated rings. The summed E-state index contributed by atoms with van der Waals surface area (Å²) in [6, 6.07) is 6.94. The third kappa shape index (κ3) is 4.89. The molecule has 1 aromatic carbocycles. The third-order valence-corrected chi connectivity index (χ3v) is 6.53. The quantitative estimate of drug-likeness (QED) is 0.512. The number of esters is 1. The maximum Gasteiger partial charge on any atom is 0.326 e. The van der Waals surface area contributed by atoms with E-state index in [0.29, 0.717) is 18.0 Å². The van der Waals surface area contributed by atoms with E-state index < -0.39 is 36.6 Å². The molecule has 3 atom stereocenters. The van der Waals surface area contributed by atoms with Gasteiger partial charge < -0.3 is 15.4 Å². The number of amides is 4. The molecule has 168 valence electrons. The van der Waals surface area contributed by atoms with Crippen LogP contribution in [0.2, 0.25) is 0 Å². The van der Waals surface area contributed by atoms with Crippen LogP contribution in [0.25, 0.3) is 0 Å². The molecular formula is C23H31N3O5. The van der Waals surface area contributed by atoms with Crippen molar-refractivity contribution < 1.29 is 23.9 Å². The zero-order chi connectivity index (χ0) is 22.6. The van der Waals surface area contributed by atoms with Crippen LogP contribution in [0.1, 0.15) is 64.4 Å². The van der Waals surface area contributed by atoms with E-state index in [9.17, 15) is 19.2 Å². The lowest BCUT2D eigenvalue weighted by atomic mass is 9.73. The average Bonchev–Trinajstić information content (AvgIpc) is 2.99. The van der Waals surface area contributed by atoms with Crippen LogP contribution in [-0.4, -0.2) is 47.4 Å². The summed E-state index contributed by atoms with van der Waals surface area (Å²) in [5.74, 6) is -1.22. The Bertz CT molecular complexity index is 853. The van der Waals surface area contributed by atoms with Crippen molar-refractivity contribution in [2.75, 3.05) is 18.5 Å². The molecule has 1 saturated carbocycles. The summed E-state index contributed by atoms with van der Waals surface area (Å²) in [5, 5.41) is 5.46. The molecular weight excluding hydrogens is 398 g/mol. The first-order valence-electron chi connectivity index (χ1n) is 11.0. The molecule has 1 aromatic rings. The van der Waals surface area contributed by atoms with E-state index in [-0.39, 0.29) is 11.8 Å². The number of hydrogen-bond donors (Lipinski definition) is 2. The molecule has 8 heteroatoms. The van der Waals surface area contributed by atoms with Gasteiger partial charge in [-0.15, -0.1) is 0 Å². The molecule has 0 bridgehead atoms. The van der Waals surface area contributed by atoms with Gasteiger partial charge in [0.1, 0.15) is 12.1 Å². The number of nitrogens with zero attached hydrogens (tertiary/aromatic N) is 1. The summed E-state index contributed by atoms with van der Waals surface area (Å²) >= 11 is 0. The molecule has 1 spiro atoms. The monoisotopic (exact) mass is 429 g/mol. The van der Waals surface area contributed by atoms with Crippen molar-refractivity contribution in [3.05, 3.63) is 29.8 Å². The molecule has 1 saturated heterocycles. The summed E-state index contributed by atoms with van der Waals surface area (Å²) in [4.78, 5) is 50.4. The highest BCUT2D eigenvalue weighted by Gasteiger charge is 2.55. The molecule has 3 rings (SSSR count). The molecule has 8 nitrogen and oxygen atoms in total. The van der Waals surface area contributed by atoms with Crippen LogP contribution in [0.5, 0.6) is 0 Å². The first-order valence-corrected chi connectivity index (χ1v) is 11.0. The standard InChI is InChI=1S/C23H31N3O5/c1-4-15(2)17-8-10-18(11-9-17)24-19(27)14-31-20(28)13-26-21(29)23(25-22(26)30)12-6-5-7-16(23)3/h8-11,15-16H,4-7,12-14H2,1-3H3,(H,24,27)(H,25,30)/t15-,16+,23-/m1/s1. The fourth-order valence-corrected chi connectivity index (χ4v) is 4.29. The van der Waals surface area contributed by atoms with Gasteiger partial charge in [0.25, 0.3) is 11.8 Å².